The highest BCUT2D eigenvalue weighted by atomic mass is 16.1. The SMILES string of the molecule is CC(C)C1CCC(=O)c2ccnn21. The van der Waals surface area contributed by atoms with E-state index in [1.165, 1.54) is 0 Å². The second-order valence-corrected chi connectivity index (χ2v) is 3.93. The van der Waals surface area contributed by atoms with Gasteiger partial charge in [0.1, 0.15) is 5.69 Å². The van der Waals surface area contributed by atoms with Gasteiger partial charge in [0.15, 0.2) is 5.78 Å². The van der Waals surface area contributed by atoms with Gasteiger partial charge in [0, 0.05) is 12.6 Å². The first-order chi connectivity index (χ1) is 6.20. The lowest BCUT2D eigenvalue weighted by Gasteiger charge is -2.26. The number of carbonyl (C=O) groups is 1. The van der Waals surface area contributed by atoms with Crippen molar-refractivity contribution in [1.29, 1.82) is 0 Å². The smallest absolute Gasteiger partial charge is 0.180 e. The lowest BCUT2D eigenvalue weighted by molar-refractivity contribution is 0.0924. The zero-order valence-corrected chi connectivity index (χ0v) is 8.03. The van der Waals surface area contributed by atoms with E-state index in [1.54, 1.807) is 6.20 Å². The lowest BCUT2D eigenvalue weighted by atomic mass is 9.94. The molecular weight excluding hydrogens is 164 g/mol. The molecule has 0 amide bonds. The molecule has 13 heavy (non-hydrogen) atoms. The number of hydrogen-bond acceptors (Lipinski definition) is 2. The fourth-order valence-electron chi connectivity index (χ4n) is 1.94. The third-order valence-corrected chi connectivity index (χ3v) is 2.71. The van der Waals surface area contributed by atoms with Gasteiger partial charge >= 0.3 is 0 Å². The Morgan fingerprint density at radius 2 is 2.38 bits per heavy atom. The van der Waals surface area contributed by atoms with Gasteiger partial charge in [-0.15, -0.1) is 0 Å². The van der Waals surface area contributed by atoms with E-state index in [0.717, 1.165) is 12.1 Å². The van der Waals surface area contributed by atoms with E-state index in [1.807, 2.05) is 10.7 Å². The molecule has 0 radical (unpaired) electrons. The number of nitrogens with zero attached hydrogens (tertiary/aromatic N) is 2. The Morgan fingerprint density at radius 3 is 3.08 bits per heavy atom. The normalized spacial score (nSPS) is 22.1. The average molecular weight is 178 g/mol. The van der Waals surface area contributed by atoms with E-state index in [9.17, 15) is 4.79 Å². The number of carbonyl (C=O) groups excluding carboxylic acids is 1. The summed E-state index contributed by atoms with van der Waals surface area (Å²) in [5, 5.41) is 4.21. The third kappa shape index (κ3) is 1.28. The molecule has 1 aromatic rings. The minimum atomic E-state index is 0.231. The number of Topliss-reactive ketones (excluding diaryl/α,β-unsaturated/α-hetero) is 1. The van der Waals surface area contributed by atoms with Crippen LogP contribution in [0.5, 0.6) is 0 Å². The maximum Gasteiger partial charge on any atom is 0.180 e. The summed E-state index contributed by atoms with van der Waals surface area (Å²) in [6, 6.07) is 2.22. The molecule has 0 aliphatic carbocycles. The van der Waals surface area contributed by atoms with Crippen LogP contribution in [0.25, 0.3) is 0 Å². The van der Waals surface area contributed by atoms with Crippen LogP contribution in [0, 0.1) is 5.92 Å². The Kier molecular flexibility index (Phi) is 1.94. The second-order valence-electron chi connectivity index (χ2n) is 3.93. The van der Waals surface area contributed by atoms with E-state index < -0.39 is 0 Å². The maximum atomic E-state index is 11.5. The van der Waals surface area contributed by atoms with Crippen LogP contribution in [0.2, 0.25) is 0 Å². The summed E-state index contributed by atoms with van der Waals surface area (Å²) < 4.78 is 1.89. The molecule has 0 bridgehead atoms. The molecule has 3 nitrogen and oxygen atoms in total. The molecule has 0 aromatic carbocycles. The van der Waals surface area contributed by atoms with Crippen molar-refractivity contribution in [3.8, 4) is 0 Å². The summed E-state index contributed by atoms with van der Waals surface area (Å²) in [5.41, 5.74) is 0.782. The number of ketones is 1. The largest absolute Gasteiger partial charge is 0.292 e. The zero-order chi connectivity index (χ0) is 9.42. The first-order valence-electron chi connectivity index (χ1n) is 4.77. The van der Waals surface area contributed by atoms with Crippen molar-refractivity contribution >= 4 is 5.78 Å². The fraction of sp³-hybridized carbons (Fsp3) is 0.600. The van der Waals surface area contributed by atoms with Crippen LogP contribution in [0.4, 0.5) is 0 Å². The highest BCUT2D eigenvalue weighted by molar-refractivity contribution is 5.95. The van der Waals surface area contributed by atoms with Gasteiger partial charge in [0.25, 0.3) is 0 Å². The predicted molar refractivity (Wildman–Crippen MR) is 49.7 cm³/mol. The standard InChI is InChI=1S/C10H14N2O/c1-7(2)8-3-4-10(13)9-5-6-11-12(8)9/h5-8H,3-4H2,1-2H3. The van der Waals surface area contributed by atoms with Crippen LogP contribution in [-0.2, 0) is 0 Å². The summed E-state index contributed by atoms with van der Waals surface area (Å²) in [4.78, 5) is 11.5. The molecule has 70 valence electrons. The van der Waals surface area contributed by atoms with Crippen LogP contribution in [0.15, 0.2) is 12.3 Å². The molecule has 1 atom stereocenters. The first kappa shape index (κ1) is 8.48. The van der Waals surface area contributed by atoms with Gasteiger partial charge in [-0.2, -0.15) is 5.10 Å². The van der Waals surface area contributed by atoms with Gasteiger partial charge in [-0.3, -0.25) is 9.48 Å². The molecule has 2 heterocycles. The van der Waals surface area contributed by atoms with Crippen LogP contribution >= 0.6 is 0 Å². The molecule has 0 fully saturated rings. The minimum absolute atomic E-state index is 0.231. The van der Waals surface area contributed by atoms with Crippen LogP contribution in [-0.4, -0.2) is 15.6 Å². The maximum absolute atomic E-state index is 11.5. The number of rotatable bonds is 1. The van der Waals surface area contributed by atoms with Crippen molar-refractivity contribution in [3.63, 3.8) is 0 Å². The summed E-state index contributed by atoms with van der Waals surface area (Å²) >= 11 is 0. The van der Waals surface area contributed by atoms with Crippen molar-refractivity contribution in [2.75, 3.05) is 0 Å². The molecular formula is C10H14N2O. The van der Waals surface area contributed by atoms with E-state index in [-0.39, 0.29) is 5.78 Å². The minimum Gasteiger partial charge on any atom is -0.292 e. The van der Waals surface area contributed by atoms with Crippen molar-refractivity contribution in [3.05, 3.63) is 18.0 Å². The highest BCUT2D eigenvalue weighted by Crippen LogP contribution is 2.29. The number of fused-ring (bicyclic) bond motifs is 1. The molecule has 1 unspecified atom stereocenters. The zero-order valence-electron chi connectivity index (χ0n) is 8.03. The van der Waals surface area contributed by atoms with Crippen LogP contribution < -0.4 is 0 Å². The van der Waals surface area contributed by atoms with Gasteiger partial charge in [0.05, 0.1) is 6.04 Å². The molecule has 3 heteroatoms. The highest BCUT2D eigenvalue weighted by Gasteiger charge is 2.27. The van der Waals surface area contributed by atoms with Gasteiger partial charge in [-0.1, -0.05) is 13.8 Å². The Bertz CT molecular complexity index is 327. The molecule has 0 saturated heterocycles. The summed E-state index contributed by atoms with van der Waals surface area (Å²) in [7, 11) is 0. The van der Waals surface area contributed by atoms with Gasteiger partial charge in [0.2, 0.25) is 0 Å². The Hall–Kier alpha value is -1.12. The molecule has 1 aromatic heterocycles. The monoisotopic (exact) mass is 178 g/mol. The summed E-state index contributed by atoms with van der Waals surface area (Å²) in [6.07, 6.45) is 3.33. The Morgan fingerprint density at radius 1 is 1.62 bits per heavy atom. The average Bonchev–Trinajstić information content (AvgIpc) is 2.53. The summed E-state index contributed by atoms with van der Waals surface area (Å²) in [5.74, 6) is 0.779. The molecule has 2 rings (SSSR count). The predicted octanol–water partition coefficient (Wildman–Crippen LogP) is 2.06. The summed E-state index contributed by atoms with van der Waals surface area (Å²) in [6.45, 7) is 4.35. The third-order valence-electron chi connectivity index (χ3n) is 2.71. The van der Waals surface area contributed by atoms with Crippen molar-refractivity contribution in [2.45, 2.75) is 32.7 Å². The number of hydrogen-bond donors (Lipinski definition) is 0. The van der Waals surface area contributed by atoms with E-state index >= 15 is 0 Å². The van der Waals surface area contributed by atoms with Gasteiger partial charge in [-0.25, -0.2) is 0 Å². The van der Waals surface area contributed by atoms with Crippen LogP contribution in [0.1, 0.15) is 43.2 Å². The van der Waals surface area contributed by atoms with Gasteiger partial charge < -0.3 is 0 Å². The Balaban J connectivity index is 2.41. The van der Waals surface area contributed by atoms with E-state index in [0.29, 0.717) is 18.4 Å². The lowest BCUT2D eigenvalue weighted by Crippen LogP contribution is -2.26. The van der Waals surface area contributed by atoms with E-state index in [2.05, 4.69) is 18.9 Å². The van der Waals surface area contributed by atoms with E-state index in [4.69, 9.17) is 0 Å². The quantitative estimate of drug-likeness (QED) is 0.659. The van der Waals surface area contributed by atoms with Crippen molar-refractivity contribution in [2.24, 2.45) is 5.92 Å². The second kappa shape index (κ2) is 2.98. The topological polar surface area (TPSA) is 34.9 Å². The first-order valence-corrected chi connectivity index (χ1v) is 4.77. The van der Waals surface area contributed by atoms with Crippen molar-refractivity contribution < 1.29 is 4.79 Å². The Labute approximate surface area is 77.7 Å². The molecule has 0 spiro atoms. The molecule has 0 saturated carbocycles. The van der Waals surface area contributed by atoms with Crippen molar-refractivity contribution in [1.82, 2.24) is 9.78 Å². The fourth-order valence-corrected chi connectivity index (χ4v) is 1.94. The molecule has 0 N–H and O–H groups in total. The molecule has 1 aliphatic heterocycles. The molecule has 1 aliphatic rings. The van der Waals surface area contributed by atoms with Gasteiger partial charge in [-0.05, 0) is 18.4 Å². The van der Waals surface area contributed by atoms with Crippen LogP contribution in [0.3, 0.4) is 0 Å². The number of aromatic nitrogens is 2.